The lowest BCUT2D eigenvalue weighted by Gasteiger charge is -2.33. The van der Waals surface area contributed by atoms with Crippen LogP contribution in [0, 0.1) is 0 Å². The van der Waals surface area contributed by atoms with Gasteiger partial charge in [-0.1, -0.05) is 115 Å². The molecule has 0 radical (unpaired) electrons. The summed E-state index contributed by atoms with van der Waals surface area (Å²) < 4.78 is 13.1. The highest BCUT2D eigenvalue weighted by Crippen LogP contribution is 2.51. The summed E-state index contributed by atoms with van der Waals surface area (Å²) in [5.41, 5.74) is 10.2. The van der Waals surface area contributed by atoms with E-state index in [0.29, 0.717) is 0 Å². The van der Waals surface area contributed by atoms with Gasteiger partial charge in [-0.2, -0.15) is 0 Å². The molecule has 10 rings (SSSR count). The third-order valence-corrected chi connectivity index (χ3v) is 9.63. The average Bonchev–Trinajstić information content (AvgIpc) is 3.57. The minimum atomic E-state index is 0.822. The molecule has 1 aliphatic rings. The van der Waals surface area contributed by atoms with E-state index in [9.17, 15) is 0 Å². The lowest BCUT2D eigenvalue weighted by atomic mass is 10.0. The number of nitrogens with zero attached hydrogens (tertiary/aromatic N) is 2. The van der Waals surface area contributed by atoms with Gasteiger partial charge in [-0.15, -0.1) is 0 Å². The molecular weight excluding hydrogens is 613 g/mol. The SMILES string of the molecule is c1ccc(N2c3ccccc3Oc3cc(-c4ccc(N(c5cccc6ccccc56)c5cccc6c5oc5ccccc56)cc4)ccc32)cc1. The Labute approximate surface area is 289 Å². The average molecular weight is 643 g/mol. The van der Waals surface area contributed by atoms with Crippen molar-refractivity contribution in [2.24, 2.45) is 0 Å². The lowest BCUT2D eigenvalue weighted by Crippen LogP contribution is -2.15. The molecule has 1 aromatic heterocycles. The van der Waals surface area contributed by atoms with Crippen LogP contribution in [0.15, 0.2) is 186 Å². The van der Waals surface area contributed by atoms with Crippen LogP contribution in [0.2, 0.25) is 0 Å². The Bertz CT molecular complexity index is 2690. The fourth-order valence-electron chi connectivity index (χ4n) is 7.31. The first-order chi connectivity index (χ1) is 24.8. The number of fused-ring (bicyclic) bond motifs is 6. The van der Waals surface area contributed by atoms with Gasteiger partial charge in [-0.3, -0.25) is 0 Å². The van der Waals surface area contributed by atoms with Gasteiger partial charge >= 0.3 is 0 Å². The van der Waals surface area contributed by atoms with Gasteiger partial charge in [0, 0.05) is 27.5 Å². The Morgan fingerprint density at radius 3 is 2.00 bits per heavy atom. The summed E-state index contributed by atoms with van der Waals surface area (Å²) in [6.45, 7) is 0. The molecule has 4 nitrogen and oxygen atoms in total. The smallest absolute Gasteiger partial charge is 0.159 e. The van der Waals surface area contributed by atoms with Crippen LogP contribution >= 0.6 is 0 Å². The van der Waals surface area contributed by atoms with Crippen LogP contribution in [-0.2, 0) is 0 Å². The number of hydrogen-bond acceptors (Lipinski definition) is 4. The Morgan fingerprint density at radius 2 is 1.10 bits per heavy atom. The third-order valence-electron chi connectivity index (χ3n) is 9.63. The number of rotatable bonds is 5. The molecule has 0 bridgehead atoms. The fourth-order valence-corrected chi connectivity index (χ4v) is 7.31. The van der Waals surface area contributed by atoms with Gasteiger partial charge in [0.2, 0.25) is 0 Å². The summed E-state index contributed by atoms with van der Waals surface area (Å²) in [6.07, 6.45) is 0. The standard InChI is InChI=1S/C46H30N2O2/c1-2-14-34(15-3-1)48-40-19-7-9-23-44(40)49-45-30-33(26-29-41(45)48)31-24-27-35(28-25-31)47(39-20-10-13-32-12-4-5-16-36(32)39)42-21-11-18-38-37-17-6-8-22-43(37)50-46(38)42/h1-30H. The van der Waals surface area contributed by atoms with E-state index in [4.69, 9.17) is 9.15 Å². The molecule has 0 saturated carbocycles. The van der Waals surface area contributed by atoms with E-state index in [2.05, 4.69) is 161 Å². The predicted molar refractivity (Wildman–Crippen MR) is 206 cm³/mol. The maximum Gasteiger partial charge on any atom is 0.159 e. The van der Waals surface area contributed by atoms with Gasteiger partial charge in [0.05, 0.1) is 22.7 Å². The summed E-state index contributed by atoms with van der Waals surface area (Å²) in [7, 11) is 0. The van der Waals surface area contributed by atoms with Crippen molar-refractivity contribution in [1.82, 2.24) is 0 Å². The van der Waals surface area contributed by atoms with Gasteiger partial charge in [-0.25, -0.2) is 0 Å². The molecule has 236 valence electrons. The van der Waals surface area contributed by atoms with E-state index in [1.165, 1.54) is 10.8 Å². The van der Waals surface area contributed by atoms with E-state index in [1.807, 2.05) is 30.3 Å². The molecule has 0 unspecified atom stereocenters. The minimum absolute atomic E-state index is 0.822. The Hall–Kier alpha value is -6.78. The van der Waals surface area contributed by atoms with E-state index in [-0.39, 0.29) is 0 Å². The van der Waals surface area contributed by atoms with Crippen LogP contribution in [0.4, 0.5) is 34.1 Å². The maximum absolute atomic E-state index is 6.57. The second kappa shape index (κ2) is 11.4. The molecule has 0 spiro atoms. The number of ether oxygens (including phenoxy) is 1. The van der Waals surface area contributed by atoms with Gasteiger partial charge in [0.25, 0.3) is 0 Å². The number of anilines is 6. The molecule has 0 fully saturated rings. The first kappa shape index (κ1) is 28.3. The molecule has 0 amide bonds. The molecule has 0 aliphatic carbocycles. The molecule has 0 N–H and O–H groups in total. The highest BCUT2D eigenvalue weighted by molar-refractivity contribution is 6.11. The van der Waals surface area contributed by atoms with Crippen LogP contribution in [0.25, 0.3) is 43.8 Å². The lowest BCUT2D eigenvalue weighted by molar-refractivity contribution is 0.477. The summed E-state index contributed by atoms with van der Waals surface area (Å²) in [5, 5.41) is 4.56. The van der Waals surface area contributed by atoms with E-state index >= 15 is 0 Å². The maximum atomic E-state index is 6.57. The first-order valence-electron chi connectivity index (χ1n) is 16.8. The summed E-state index contributed by atoms with van der Waals surface area (Å²) in [5.74, 6) is 1.66. The molecule has 0 atom stereocenters. The second-order valence-corrected chi connectivity index (χ2v) is 12.6. The zero-order chi connectivity index (χ0) is 33.0. The van der Waals surface area contributed by atoms with Crippen LogP contribution in [0.3, 0.4) is 0 Å². The normalized spacial score (nSPS) is 12.1. The summed E-state index contributed by atoms with van der Waals surface area (Å²) in [4.78, 5) is 4.59. The monoisotopic (exact) mass is 642 g/mol. The van der Waals surface area contributed by atoms with Crippen molar-refractivity contribution < 1.29 is 9.15 Å². The van der Waals surface area contributed by atoms with E-state index < -0.39 is 0 Å². The Kier molecular flexibility index (Phi) is 6.46. The van der Waals surface area contributed by atoms with Crippen LogP contribution in [-0.4, -0.2) is 0 Å². The van der Waals surface area contributed by atoms with E-state index in [1.54, 1.807) is 0 Å². The first-order valence-corrected chi connectivity index (χ1v) is 16.8. The molecule has 9 aromatic rings. The number of furan rings is 1. The number of benzene rings is 8. The van der Waals surface area contributed by atoms with Crippen molar-refractivity contribution in [1.29, 1.82) is 0 Å². The molecule has 4 heteroatoms. The molecule has 8 aromatic carbocycles. The predicted octanol–water partition coefficient (Wildman–Crippen LogP) is 13.5. The third kappa shape index (κ3) is 4.54. The molecule has 1 aliphatic heterocycles. The van der Waals surface area contributed by atoms with Gasteiger partial charge < -0.3 is 19.0 Å². The van der Waals surface area contributed by atoms with Crippen molar-refractivity contribution >= 4 is 66.8 Å². The van der Waals surface area contributed by atoms with Crippen molar-refractivity contribution in [3.8, 4) is 22.6 Å². The number of hydrogen-bond donors (Lipinski definition) is 0. The summed E-state index contributed by atoms with van der Waals surface area (Å²) >= 11 is 0. The molecule has 0 saturated heterocycles. The van der Waals surface area contributed by atoms with Gasteiger partial charge in [0.1, 0.15) is 5.58 Å². The van der Waals surface area contributed by atoms with Crippen molar-refractivity contribution in [3.63, 3.8) is 0 Å². The van der Waals surface area contributed by atoms with Crippen molar-refractivity contribution in [2.45, 2.75) is 0 Å². The summed E-state index contributed by atoms with van der Waals surface area (Å²) in [6, 6.07) is 63.6. The quantitative estimate of drug-likeness (QED) is 0.187. The van der Waals surface area contributed by atoms with Crippen LogP contribution in [0.1, 0.15) is 0 Å². The van der Waals surface area contributed by atoms with Crippen LogP contribution < -0.4 is 14.5 Å². The Balaban J connectivity index is 1.09. The van der Waals surface area contributed by atoms with Crippen molar-refractivity contribution in [2.75, 3.05) is 9.80 Å². The van der Waals surface area contributed by atoms with Gasteiger partial charge in [-0.05, 0) is 83.2 Å². The zero-order valence-electron chi connectivity index (χ0n) is 27.0. The topological polar surface area (TPSA) is 28.9 Å². The second-order valence-electron chi connectivity index (χ2n) is 12.6. The zero-order valence-corrected chi connectivity index (χ0v) is 27.0. The highest BCUT2D eigenvalue weighted by Gasteiger charge is 2.26. The molecular formula is C46H30N2O2. The highest BCUT2D eigenvalue weighted by atomic mass is 16.5. The van der Waals surface area contributed by atoms with Crippen molar-refractivity contribution in [3.05, 3.63) is 182 Å². The molecule has 50 heavy (non-hydrogen) atoms. The molecule has 2 heterocycles. The Morgan fingerprint density at radius 1 is 0.440 bits per heavy atom. The van der Waals surface area contributed by atoms with Gasteiger partial charge in [0.15, 0.2) is 17.1 Å². The minimum Gasteiger partial charge on any atom is -0.454 e. The largest absolute Gasteiger partial charge is 0.454 e. The fraction of sp³-hybridized carbons (Fsp3) is 0. The number of para-hydroxylation sites is 5. The van der Waals surface area contributed by atoms with E-state index in [0.717, 1.165) is 78.7 Å². The van der Waals surface area contributed by atoms with Crippen LogP contribution in [0.5, 0.6) is 11.5 Å².